The first-order valence-corrected chi connectivity index (χ1v) is 14.3. The monoisotopic (exact) mass is 636 g/mol. The molecule has 45 heavy (non-hydrogen) atoms. The van der Waals surface area contributed by atoms with Crippen molar-refractivity contribution in [3.8, 4) is 0 Å². The van der Waals surface area contributed by atoms with Gasteiger partial charge in [-0.15, -0.1) is 5.10 Å². The van der Waals surface area contributed by atoms with Crippen molar-refractivity contribution in [3.63, 3.8) is 0 Å². The molecule has 2 N–H and O–H groups in total. The minimum absolute atomic E-state index is 0.0451. The van der Waals surface area contributed by atoms with E-state index in [0.717, 1.165) is 0 Å². The third-order valence-electron chi connectivity index (χ3n) is 8.75. The summed E-state index contributed by atoms with van der Waals surface area (Å²) in [6.45, 7) is 1.54. The minimum Gasteiger partial charge on any atom is -0.344 e. The number of carbonyl (C=O) groups is 2. The van der Waals surface area contributed by atoms with Gasteiger partial charge < -0.3 is 10.6 Å². The number of aryl methyl sites for hydroxylation is 2. The highest BCUT2D eigenvalue weighted by molar-refractivity contribution is 5.93. The minimum atomic E-state index is -4.63. The normalized spacial score (nSPS) is 22.9. The first-order valence-electron chi connectivity index (χ1n) is 14.3. The van der Waals surface area contributed by atoms with Crippen molar-refractivity contribution in [2.45, 2.75) is 76.1 Å². The molecule has 2 fully saturated rings. The number of halogens is 5. The zero-order valence-electron chi connectivity index (χ0n) is 24.2. The molecule has 6 rings (SSSR count). The topological polar surface area (TPSA) is 158 Å². The average molecular weight is 637 g/mol. The number of aromatic nitrogens is 8. The molecule has 1 aliphatic carbocycles. The third kappa shape index (κ3) is 6.09. The Labute approximate surface area is 251 Å². The van der Waals surface area contributed by atoms with Crippen LogP contribution in [0.3, 0.4) is 0 Å². The number of imidazole rings is 1. The number of hydrogen-bond acceptors (Lipinski definition) is 9. The van der Waals surface area contributed by atoms with E-state index < -0.39 is 47.8 Å². The number of carbonyl (C=O) groups excluding carboxylic acids is 2. The molecule has 3 atom stereocenters. The van der Waals surface area contributed by atoms with Gasteiger partial charge >= 0.3 is 6.18 Å². The highest BCUT2D eigenvalue weighted by Crippen LogP contribution is 2.43. The van der Waals surface area contributed by atoms with Gasteiger partial charge in [-0.1, -0.05) is 10.4 Å². The molecule has 0 radical (unpaired) electrons. The van der Waals surface area contributed by atoms with Crippen LogP contribution in [0, 0.1) is 18.3 Å². The van der Waals surface area contributed by atoms with Crippen LogP contribution in [-0.2, 0) is 24.7 Å². The van der Waals surface area contributed by atoms with Crippen LogP contribution >= 0.6 is 0 Å². The van der Waals surface area contributed by atoms with E-state index >= 15 is 0 Å². The number of nitrogens with zero attached hydrogens (tertiary/aromatic N) is 8. The van der Waals surface area contributed by atoms with Gasteiger partial charge in [-0.3, -0.25) is 14.3 Å². The molecule has 1 aliphatic heterocycles. The maximum atomic E-state index is 14.0. The van der Waals surface area contributed by atoms with Gasteiger partial charge in [0.1, 0.15) is 11.7 Å². The van der Waals surface area contributed by atoms with Gasteiger partial charge in [-0.2, -0.15) is 18.3 Å². The summed E-state index contributed by atoms with van der Waals surface area (Å²) in [5, 5.41) is 24.2. The van der Waals surface area contributed by atoms with E-state index in [2.05, 4.69) is 46.0 Å². The lowest BCUT2D eigenvalue weighted by Gasteiger charge is -2.33. The number of hydrogen-bond donors (Lipinski definition) is 2. The second kappa shape index (κ2) is 11.1. The standard InChI is InChI=1S/C27H29F5N10O3/c1-14-21(39-45-38-14)23(43)37-22(16-3-5-26(28,29)6-4-16)18-13-42-20(35-18)7-15(11-34-42)8-25(9-17-12-33-40-41(17)2)10-19(27(30,31)32)36-24(25)44/h7,11-13,16,19,22H,3-6,8-10H2,1-2H3,(H,36,44)(H,37,43)/t19-,22-,25+/m0/s1. The van der Waals surface area contributed by atoms with Crippen LogP contribution in [0.15, 0.2) is 29.3 Å². The van der Waals surface area contributed by atoms with Crippen LogP contribution < -0.4 is 10.6 Å². The molecule has 4 aromatic rings. The van der Waals surface area contributed by atoms with Crippen molar-refractivity contribution >= 4 is 17.5 Å². The van der Waals surface area contributed by atoms with Gasteiger partial charge in [0.25, 0.3) is 5.91 Å². The van der Waals surface area contributed by atoms with Crippen LogP contribution in [0.4, 0.5) is 22.0 Å². The summed E-state index contributed by atoms with van der Waals surface area (Å²) in [6, 6.07) is -1.20. The first-order chi connectivity index (χ1) is 21.2. The lowest BCUT2D eigenvalue weighted by atomic mass is 9.75. The summed E-state index contributed by atoms with van der Waals surface area (Å²) in [6.07, 6.45) is -1.30. The molecule has 2 aliphatic rings. The molecule has 2 amide bonds. The number of amides is 2. The molecule has 5 heterocycles. The van der Waals surface area contributed by atoms with Crippen molar-refractivity contribution in [2.24, 2.45) is 18.4 Å². The van der Waals surface area contributed by atoms with Crippen LogP contribution in [0.25, 0.3) is 5.65 Å². The zero-order valence-corrected chi connectivity index (χ0v) is 24.2. The molecule has 13 nitrogen and oxygen atoms in total. The molecule has 0 bridgehead atoms. The molecule has 0 aromatic carbocycles. The number of alkyl halides is 5. The van der Waals surface area contributed by atoms with Crippen LogP contribution in [0.2, 0.25) is 0 Å². The van der Waals surface area contributed by atoms with E-state index in [1.807, 2.05) is 0 Å². The Morgan fingerprint density at radius 3 is 2.58 bits per heavy atom. The Bertz CT molecular complexity index is 1720. The lowest BCUT2D eigenvalue weighted by molar-refractivity contribution is -0.155. The molecular formula is C27H29F5N10O3. The zero-order chi connectivity index (χ0) is 32.1. The summed E-state index contributed by atoms with van der Waals surface area (Å²) in [4.78, 5) is 30.9. The second-order valence-electron chi connectivity index (χ2n) is 11.9. The summed E-state index contributed by atoms with van der Waals surface area (Å²) >= 11 is 0. The van der Waals surface area contributed by atoms with Crippen molar-refractivity contribution in [2.75, 3.05) is 0 Å². The average Bonchev–Trinajstić information content (AvgIpc) is 3.75. The van der Waals surface area contributed by atoms with Crippen molar-refractivity contribution in [1.82, 2.24) is 50.5 Å². The van der Waals surface area contributed by atoms with E-state index in [1.165, 1.54) is 28.5 Å². The SMILES string of the molecule is Cc1nonc1C(=O)N[C@H](c1cn2ncc(C[C@@]3(Cc4cnnn4C)C[C@@H](C(F)(F)F)NC3=O)cc2n1)C1CCC(F)(F)CC1. The molecule has 0 unspecified atom stereocenters. The third-order valence-corrected chi connectivity index (χ3v) is 8.75. The van der Waals surface area contributed by atoms with Crippen LogP contribution in [0.5, 0.6) is 0 Å². The fraction of sp³-hybridized carbons (Fsp3) is 0.556. The Morgan fingerprint density at radius 1 is 1.20 bits per heavy atom. The summed E-state index contributed by atoms with van der Waals surface area (Å²) in [7, 11) is 1.59. The van der Waals surface area contributed by atoms with Crippen LogP contribution in [0.1, 0.15) is 71.3 Å². The van der Waals surface area contributed by atoms with Gasteiger partial charge in [0.05, 0.1) is 41.4 Å². The Morgan fingerprint density at radius 2 is 1.96 bits per heavy atom. The molecule has 0 spiro atoms. The fourth-order valence-corrected chi connectivity index (χ4v) is 6.28. The predicted octanol–water partition coefficient (Wildman–Crippen LogP) is 3.07. The van der Waals surface area contributed by atoms with Gasteiger partial charge in [-0.25, -0.2) is 22.9 Å². The van der Waals surface area contributed by atoms with E-state index in [4.69, 9.17) is 0 Å². The van der Waals surface area contributed by atoms with E-state index in [-0.39, 0.29) is 55.8 Å². The van der Waals surface area contributed by atoms with Crippen molar-refractivity contribution in [1.29, 1.82) is 0 Å². The Hall–Kier alpha value is -4.51. The maximum Gasteiger partial charge on any atom is 0.408 e. The summed E-state index contributed by atoms with van der Waals surface area (Å²) in [5.41, 5.74) is 0.315. The Kier molecular flexibility index (Phi) is 7.55. The molecule has 4 aromatic heterocycles. The van der Waals surface area contributed by atoms with Crippen molar-refractivity contribution < 1.29 is 36.2 Å². The second-order valence-corrected chi connectivity index (χ2v) is 11.9. The van der Waals surface area contributed by atoms with Crippen molar-refractivity contribution in [3.05, 3.63) is 53.0 Å². The van der Waals surface area contributed by atoms with E-state index in [1.54, 1.807) is 19.3 Å². The highest BCUT2D eigenvalue weighted by atomic mass is 19.4. The smallest absolute Gasteiger partial charge is 0.344 e. The van der Waals surface area contributed by atoms with Gasteiger partial charge in [0.2, 0.25) is 11.8 Å². The van der Waals surface area contributed by atoms with Gasteiger partial charge in [0, 0.05) is 26.3 Å². The quantitative estimate of drug-likeness (QED) is 0.277. The first kappa shape index (κ1) is 30.5. The van der Waals surface area contributed by atoms with Gasteiger partial charge in [-0.05, 0) is 55.3 Å². The molecular weight excluding hydrogens is 607 g/mol. The highest BCUT2D eigenvalue weighted by Gasteiger charge is 2.55. The fourth-order valence-electron chi connectivity index (χ4n) is 6.28. The Balaban J connectivity index is 1.31. The molecule has 240 valence electrons. The number of rotatable bonds is 8. The van der Waals surface area contributed by atoms with E-state index in [9.17, 15) is 31.5 Å². The molecule has 18 heteroatoms. The molecule has 1 saturated heterocycles. The van der Waals surface area contributed by atoms with Crippen LogP contribution in [-0.4, -0.2) is 69.9 Å². The predicted molar refractivity (Wildman–Crippen MR) is 143 cm³/mol. The maximum absolute atomic E-state index is 14.0. The van der Waals surface area contributed by atoms with Gasteiger partial charge in [0.15, 0.2) is 11.3 Å². The largest absolute Gasteiger partial charge is 0.408 e. The number of fused-ring (bicyclic) bond motifs is 1. The number of nitrogens with one attached hydrogen (secondary N) is 2. The summed E-state index contributed by atoms with van der Waals surface area (Å²) in [5.74, 6) is -4.54. The molecule has 1 saturated carbocycles. The van der Waals surface area contributed by atoms with E-state index in [0.29, 0.717) is 22.6 Å². The lowest BCUT2D eigenvalue weighted by Crippen LogP contribution is -2.39. The summed E-state index contributed by atoms with van der Waals surface area (Å²) < 4.78 is 76.6.